The van der Waals surface area contributed by atoms with Crippen molar-refractivity contribution in [2.75, 3.05) is 0 Å². The van der Waals surface area contributed by atoms with Crippen molar-refractivity contribution in [3.8, 4) is 17.6 Å². The lowest BCUT2D eigenvalue weighted by Crippen LogP contribution is -1.88. The zero-order valence-corrected chi connectivity index (χ0v) is 8.50. The van der Waals surface area contributed by atoms with Crippen LogP contribution in [0.2, 0.25) is 5.02 Å². The lowest BCUT2D eigenvalue weighted by Gasteiger charge is -2.07. The van der Waals surface area contributed by atoms with Crippen molar-refractivity contribution in [1.82, 2.24) is 4.98 Å². The molecule has 0 atom stereocenters. The lowest BCUT2D eigenvalue weighted by atomic mass is 10.2. The van der Waals surface area contributed by atoms with Crippen molar-refractivity contribution < 1.29 is 17.0 Å². The number of phenolic OH excluding ortho intramolecular Hbond substituents is 1. The van der Waals surface area contributed by atoms with Crippen LogP contribution in [0.4, 0.5) is 0 Å². The van der Waals surface area contributed by atoms with E-state index in [0.29, 0.717) is 10.6 Å². The number of hydrogen-bond acceptors (Lipinski definition) is 4. The molecule has 0 aliphatic heterocycles. The molecule has 5 heteroatoms. The number of aryl methyl sites for hydroxylation is 1. The van der Waals surface area contributed by atoms with Gasteiger partial charge in [-0.1, -0.05) is 11.6 Å². The molecule has 0 spiro atoms. The summed E-state index contributed by atoms with van der Waals surface area (Å²) in [7, 11) is 0. The Bertz CT molecular complexity index is 528. The second kappa shape index (κ2) is 3.82. The van der Waals surface area contributed by atoms with Crippen LogP contribution in [0, 0.1) is 6.92 Å². The Morgan fingerprint density at radius 2 is 2.40 bits per heavy atom. The molecule has 0 radical (unpaired) electrons. The summed E-state index contributed by atoms with van der Waals surface area (Å²) in [5, 5.41) is 10.0. The number of oxazole rings is 1. The van der Waals surface area contributed by atoms with Crippen LogP contribution in [0.25, 0.3) is 0 Å². The van der Waals surface area contributed by atoms with Gasteiger partial charge in [0.05, 0.1) is 7.54 Å². The molecule has 1 aromatic heterocycles. The first-order valence-corrected chi connectivity index (χ1v) is 4.46. The highest BCUT2D eigenvalue weighted by Crippen LogP contribution is 2.35. The quantitative estimate of drug-likeness (QED) is 0.856. The maximum atomic E-state index is 9.64. The van der Waals surface area contributed by atoms with Crippen molar-refractivity contribution in [2.24, 2.45) is 0 Å². The molecule has 1 N–H and O–H groups in total. The first-order valence-electron chi connectivity index (χ1n) is 5.08. The van der Waals surface area contributed by atoms with Gasteiger partial charge in [-0.3, -0.25) is 0 Å². The minimum atomic E-state index is -0.397. The Kier molecular flexibility index (Phi) is 1.93. The van der Waals surface area contributed by atoms with E-state index in [0.717, 1.165) is 0 Å². The summed E-state index contributed by atoms with van der Waals surface area (Å²) in [5.74, 6) is -0.0260. The van der Waals surface area contributed by atoms with Gasteiger partial charge in [-0.05, 0) is 18.6 Å². The van der Waals surface area contributed by atoms with Gasteiger partial charge in [-0.25, -0.2) is 0 Å². The van der Waals surface area contributed by atoms with E-state index < -0.39 is 6.24 Å². The molecule has 15 heavy (non-hydrogen) atoms. The monoisotopic (exact) mass is 227 g/mol. The Balaban J connectivity index is 2.36. The third-order valence-corrected chi connectivity index (χ3v) is 1.96. The molecule has 4 nitrogen and oxygen atoms in total. The highest BCUT2D eigenvalue weighted by atomic mass is 35.5. The average molecular weight is 228 g/mol. The van der Waals surface area contributed by atoms with E-state index in [1.54, 1.807) is 13.0 Å². The van der Waals surface area contributed by atoms with Crippen LogP contribution in [-0.2, 0) is 0 Å². The van der Waals surface area contributed by atoms with Gasteiger partial charge in [0.1, 0.15) is 7.61 Å². The molecule has 0 saturated carbocycles. The van der Waals surface area contributed by atoms with Crippen LogP contribution in [0.5, 0.6) is 17.6 Å². The molecule has 0 aliphatic carbocycles. The van der Waals surface area contributed by atoms with Crippen LogP contribution in [-0.4, -0.2) is 10.1 Å². The van der Waals surface area contributed by atoms with Crippen LogP contribution in [0.15, 0.2) is 29.0 Å². The van der Waals surface area contributed by atoms with Gasteiger partial charge in [0.2, 0.25) is 0 Å². The number of ether oxygens (including phenoxy) is 1. The van der Waals surface area contributed by atoms with Crippen LogP contribution in [0.1, 0.15) is 8.30 Å². The van der Waals surface area contributed by atoms with Crippen molar-refractivity contribution in [3.63, 3.8) is 0 Å². The number of aromatic nitrogens is 1. The molecule has 78 valence electrons. The van der Waals surface area contributed by atoms with Gasteiger partial charge in [-0.2, -0.15) is 4.98 Å². The molecular formula is C10H8ClNO3. The molecule has 0 fully saturated rings. The van der Waals surface area contributed by atoms with Crippen molar-refractivity contribution in [1.29, 1.82) is 0 Å². The van der Waals surface area contributed by atoms with E-state index in [1.807, 2.05) is 0 Å². The van der Waals surface area contributed by atoms with Crippen molar-refractivity contribution in [3.05, 3.63) is 35.1 Å². The number of nitrogens with zero attached hydrogens (tertiary/aromatic N) is 1. The first kappa shape index (κ1) is 7.59. The summed E-state index contributed by atoms with van der Waals surface area (Å²) < 4.78 is 24.3. The summed E-state index contributed by atoms with van der Waals surface area (Å²) in [6, 6.07) is 2.92. The van der Waals surface area contributed by atoms with E-state index in [9.17, 15) is 5.11 Å². The van der Waals surface area contributed by atoms with Crippen molar-refractivity contribution in [2.45, 2.75) is 6.92 Å². The van der Waals surface area contributed by atoms with Crippen LogP contribution >= 0.6 is 11.6 Å². The number of rotatable bonds is 2. The fourth-order valence-electron chi connectivity index (χ4n) is 1.13. The molecule has 0 saturated heterocycles. The second-order valence-corrected chi connectivity index (χ2v) is 3.30. The van der Waals surface area contributed by atoms with Gasteiger partial charge in [0.15, 0.2) is 11.5 Å². The Morgan fingerprint density at radius 1 is 1.60 bits per heavy atom. The van der Waals surface area contributed by atoms with E-state index in [1.165, 1.54) is 6.07 Å². The second-order valence-electron chi connectivity index (χ2n) is 2.87. The molecule has 0 aliphatic rings. The highest BCUT2D eigenvalue weighted by molar-refractivity contribution is 6.30. The maximum absolute atomic E-state index is 9.64. The van der Waals surface area contributed by atoms with E-state index in [4.69, 9.17) is 23.5 Å². The minimum Gasteiger partial charge on any atom is -0.504 e. The summed E-state index contributed by atoms with van der Waals surface area (Å²) in [5.41, 5.74) is 0.589. The zero-order chi connectivity index (χ0) is 12.6. The van der Waals surface area contributed by atoms with Gasteiger partial charge in [-0.15, -0.1) is 0 Å². The first-order chi connectivity index (χ1) is 7.97. The minimum absolute atomic E-state index is 0.135. The fourth-order valence-corrected chi connectivity index (χ4v) is 1.40. The summed E-state index contributed by atoms with van der Waals surface area (Å²) >= 11 is 5.74. The van der Waals surface area contributed by atoms with Crippen LogP contribution < -0.4 is 4.74 Å². The van der Waals surface area contributed by atoms with Crippen molar-refractivity contribution >= 4 is 11.6 Å². The molecule has 0 bridgehead atoms. The number of aromatic hydroxyl groups is 1. The number of phenols is 1. The van der Waals surface area contributed by atoms with E-state index >= 15 is 0 Å². The van der Waals surface area contributed by atoms with Gasteiger partial charge >= 0.3 is 6.08 Å². The molecule has 1 aromatic carbocycles. The molecule has 2 aromatic rings. The molecule has 0 amide bonds. The zero-order valence-electron chi connectivity index (χ0n) is 9.74. The Hall–Kier alpha value is -1.68. The third-order valence-electron chi connectivity index (χ3n) is 1.74. The third kappa shape index (κ3) is 2.05. The molecular weight excluding hydrogens is 218 g/mol. The van der Waals surface area contributed by atoms with Gasteiger partial charge in [0, 0.05) is 11.1 Å². The fraction of sp³-hybridized carbons (Fsp3) is 0.100. The Labute approximate surface area is 93.9 Å². The highest BCUT2D eigenvalue weighted by Gasteiger charge is 2.11. The van der Waals surface area contributed by atoms with Gasteiger partial charge in [0.25, 0.3) is 0 Å². The number of halogens is 1. The van der Waals surface area contributed by atoms with Gasteiger partial charge < -0.3 is 14.3 Å². The smallest absolute Gasteiger partial charge is 0.399 e. The SMILES string of the molecule is [2H]c1nc(Oc2c(C)cc(Cl)cc2O)oc1[2H]. The lowest BCUT2D eigenvalue weighted by molar-refractivity contribution is 0.314. The molecule has 1 heterocycles. The topological polar surface area (TPSA) is 55.5 Å². The van der Waals surface area contributed by atoms with E-state index in [-0.39, 0.29) is 23.7 Å². The standard InChI is InChI=1S/C10H8ClNO3/c1-6-4-7(11)5-8(13)9(6)15-10-12-2-3-14-10/h2-5,13H,1H3/i2D,3D. The predicted octanol–water partition coefficient (Wildman–Crippen LogP) is 3.13. The Morgan fingerprint density at radius 3 is 3.00 bits per heavy atom. The largest absolute Gasteiger partial charge is 0.504 e. The normalized spacial score (nSPS) is 12.1. The number of hydrogen-bond donors (Lipinski definition) is 1. The molecule has 0 unspecified atom stereocenters. The summed E-state index contributed by atoms with van der Waals surface area (Å²) in [6.45, 7) is 1.69. The average Bonchev–Trinajstić information content (AvgIpc) is 2.52. The maximum Gasteiger partial charge on any atom is 0.399 e. The predicted molar refractivity (Wildman–Crippen MR) is 54.4 cm³/mol. The molecule has 2 rings (SSSR count). The van der Waals surface area contributed by atoms with E-state index in [2.05, 4.69) is 4.98 Å². The van der Waals surface area contributed by atoms with Crippen LogP contribution in [0.3, 0.4) is 0 Å². The number of benzene rings is 1. The summed E-state index contributed by atoms with van der Waals surface area (Å²) in [4.78, 5) is 3.56. The summed E-state index contributed by atoms with van der Waals surface area (Å²) in [6.07, 6.45) is -0.988.